The Bertz CT molecular complexity index is 507. The number of hydrogen-bond donors (Lipinski definition) is 0. The van der Waals surface area contributed by atoms with Crippen LogP contribution in [0.1, 0.15) is 5.56 Å². The van der Waals surface area contributed by atoms with Gasteiger partial charge in [0.05, 0.1) is 14.2 Å². The van der Waals surface area contributed by atoms with Crippen LogP contribution in [-0.4, -0.2) is 38.5 Å². The maximum Gasteiger partial charge on any atom is 0.333 e. The number of esters is 2. The van der Waals surface area contributed by atoms with Crippen LogP contribution in [0.25, 0.3) is 0 Å². The lowest BCUT2D eigenvalue weighted by molar-refractivity contribution is -0.165. The fourth-order valence-corrected chi connectivity index (χ4v) is 1.98. The Morgan fingerprint density at radius 2 is 1.74 bits per heavy atom. The smallest absolute Gasteiger partial charge is 0.333 e. The topological polar surface area (TPSA) is 74.2 Å². The van der Waals surface area contributed by atoms with Crippen molar-refractivity contribution in [3.8, 4) is 0 Å². The zero-order valence-corrected chi connectivity index (χ0v) is 10.6. The van der Waals surface area contributed by atoms with Crippen molar-refractivity contribution in [3.05, 3.63) is 35.9 Å². The minimum Gasteiger partial charge on any atom is -0.468 e. The van der Waals surface area contributed by atoms with Crippen molar-refractivity contribution in [3.63, 3.8) is 0 Å². The summed E-state index contributed by atoms with van der Waals surface area (Å²) in [5, 5.41) is 3.81. The molecule has 1 aromatic rings. The van der Waals surface area contributed by atoms with E-state index in [1.54, 1.807) is 24.3 Å². The molecule has 6 heteroatoms. The predicted molar refractivity (Wildman–Crippen MR) is 65.4 cm³/mol. The van der Waals surface area contributed by atoms with Crippen LogP contribution in [0, 0.1) is 5.41 Å². The third-order valence-electron chi connectivity index (χ3n) is 2.96. The Labute approximate surface area is 109 Å². The summed E-state index contributed by atoms with van der Waals surface area (Å²) in [5.41, 5.74) is -0.854. The van der Waals surface area contributed by atoms with Gasteiger partial charge >= 0.3 is 11.9 Å². The molecule has 1 aliphatic rings. The average Bonchev–Trinajstić information content (AvgIpc) is 2.92. The van der Waals surface area contributed by atoms with Gasteiger partial charge in [-0.2, -0.15) is 0 Å². The average molecular weight is 263 g/mol. The van der Waals surface area contributed by atoms with Gasteiger partial charge in [-0.3, -0.25) is 9.59 Å². The van der Waals surface area contributed by atoms with E-state index in [-0.39, 0.29) is 12.3 Å². The molecule has 0 fully saturated rings. The van der Waals surface area contributed by atoms with Crippen LogP contribution < -0.4 is 0 Å². The van der Waals surface area contributed by atoms with Crippen molar-refractivity contribution >= 4 is 17.7 Å². The fraction of sp³-hybridized carbons (Fsp3) is 0.308. The molecule has 0 atom stereocenters. The summed E-state index contributed by atoms with van der Waals surface area (Å²) in [7, 11) is 2.40. The van der Waals surface area contributed by atoms with Crippen molar-refractivity contribution in [2.75, 3.05) is 20.8 Å². The SMILES string of the molecule is COC(=O)C1(C(=O)OC)CON=C1c1ccccc1. The molecule has 1 aliphatic heterocycles. The highest BCUT2D eigenvalue weighted by atomic mass is 16.6. The quantitative estimate of drug-likeness (QED) is 0.594. The van der Waals surface area contributed by atoms with Gasteiger partial charge in [-0.25, -0.2) is 0 Å². The molecule has 1 heterocycles. The second kappa shape index (κ2) is 5.09. The van der Waals surface area contributed by atoms with E-state index in [0.29, 0.717) is 5.56 Å². The first-order chi connectivity index (χ1) is 9.16. The Morgan fingerprint density at radius 1 is 1.16 bits per heavy atom. The molecular formula is C13H13NO5. The molecule has 1 aromatic carbocycles. The van der Waals surface area contributed by atoms with Gasteiger partial charge in [0.1, 0.15) is 12.3 Å². The Hall–Kier alpha value is -2.37. The first kappa shape index (κ1) is 13.1. The number of carbonyl (C=O) groups is 2. The van der Waals surface area contributed by atoms with Gasteiger partial charge in [0, 0.05) is 5.56 Å². The summed E-state index contributed by atoms with van der Waals surface area (Å²) in [6.45, 7) is -0.226. The molecule has 0 saturated heterocycles. The van der Waals surface area contributed by atoms with Crippen LogP contribution >= 0.6 is 0 Å². The van der Waals surface area contributed by atoms with Crippen molar-refractivity contribution in [1.82, 2.24) is 0 Å². The van der Waals surface area contributed by atoms with Gasteiger partial charge < -0.3 is 14.3 Å². The second-order valence-electron chi connectivity index (χ2n) is 3.97. The van der Waals surface area contributed by atoms with Gasteiger partial charge in [-0.15, -0.1) is 0 Å². The molecule has 0 N–H and O–H groups in total. The lowest BCUT2D eigenvalue weighted by atomic mass is 9.80. The standard InChI is InChI=1S/C13H13NO5/c1-17-11(15)13(12(16)18-2)8-19-14-10(13)9-6-4-3-5-7-9/h3-7H,8H2,1-2H3. The zero-order valence-electron chi connectivity index (χ0n) is 10.6. The van der Waals surface area contributed by atoms with E-state index in [9.17, 15) is 9.59 Å². The van der Waals surface area contributed by atoms with Crippen LogP contribution in [0.2, 0.25) is 0 Å². The first-order valence-electron chi connectivity index (χ1n) is 5.59. The highest BCUT2D eigenvalue weighted by Gasteiger charge is 2.58. The van der Waals surface area contributed by atoms with Crippen molar-refractivity contribution in [2.45, 2.75) is 0 Å². The van der Waals surface area contributed by atoms with E-state index in [1.807, 2.05) is 6.07 Å². The lowest BCUT2D eigenvalue weighted by Gasteiger charge is -2.22. The van der Waals surface area contributed by atoms with Crippen molar-refractivity contribution in [2.24, 2.45) is 10.6 Å². The van der Waals surface area contributed by atoms with Crippen molar-refractivity contribution < 1.29 is 23.9 Å². The number of methoxy groups -OCH3 is 2. The van der Waals surface area contributed by atoms with Crippen LogP contribution in [0.15, 0.2) is 35.5 Å². The van der Waals surface area contributed by atoms with Crippen LogP contribution in [0.3, 0.4) is 0 Å². The summed E-state index contributed by atoms with van der Waals surface area (Å²) in [5.74, 6) is -1.50. The van der Waals surface area contributed by atoms with E-state index >= 15 is 0 Å². The van der Waals surface area contributed by atoms with Crippen LogP contribution in [0.5, 0.6) is 0 Å². The number of carbonyl (C=O) groups excluding carboxylic acids is 2. The highest BCUT2D eigenvalue weighted by Crippen LogP contribution is 2.32. The van der Waals surface area contributed by atoms with Gasteiger partial charge in [0.15, 0.2) is 0 Å². The molecule has 6 nitrogen and oxygen atoms in total. The highest BCUT2D eigenvalue weighted by molar-refractivity contribution is 6.28. The Morgan fingerprint density at radius 3 is 2.26 bits per heavy atom. The molecule has 0 spiro atoms. The number of oxime groups is 1. The fourth-order valence-electron chi connectivity index (χ4n) is 1.98. The molecule has 0 aliphatic carbocycles. The van der Waals surface area contributed by atoms with Crippen LogP contribution in [0.4, 0.5) is 0 Å². The van der Waals surface area contributed by atoms with Crippen LogP contribution in [-0.2, 0) is 23.9 Å². The molecule has 19 heavy (non-hydrogen) atoms. The molecular weight excluding hydrogens is 250 g/mol. The maximum absolute atomic E-state index is 12.0. The first-order valence-corrected chi connectivity index (χ1v) is 5.59. The minimum absolute atomic E-state index is 0.201. The summed E-state index contributed by atoms with van der Waals surface area (Å²) in [6, 6.07) is 8.82. The van der Waals surface area contributed by atoms with E-state index < -0.39 is 17.4 Å². The number of ether oxygens (including phenoxy) is 2. The summed E-state index contributed by atoms with van der Waals surface area (Å²) >= 11 is 0. The molecule has 0 aromatic heterocycles. The summed E-state index contributed by atoms with van der Waals surface area (Å²) in [6.07, 6.45) is 0. The minimum atomic E-state index is -1.66. The zero-order chi connectivity index (χ0) is 13.9. The van der Waals surface area contributed by atoms with Gasteiger partial charge in [0.25, 0.3) is 0 Å². The van der Waals surface area contributed by atoms with E-state index in [0.717, 1.165) is 0 Å². The maximum atomic E-state index is 12.0. The molecule has 2 rings (SSSR count). The summed E-state index contributed by atoms with van der Waals surface area (Å²) < 4.78 is 9.42. The molecule has 0 unspecified atom stereocenters. The van der Waals surface area contributed by atoms with Gasteiger partial charge in [-0.1, -0.05) is 35.5 Å². The van der Waals surface area contributed by atoms with E-state index in [2.05, 4.69) is 5.16 Å². The largest absolute Gasteiger partial charge is 0.468 e. The third-order valence-corrected chi connectivity index (χ3v) is 2.96. The number of hydrogen-bond acceptors (Lipinski definition) is 6. The number of rotatable bonds is 3. The molecule has 100 valence electrons. The summed E-state index contributed by atoms with van der Waals surface area (Å²) in [4.78, 5) is 29.0. The van der Waals surface area contributed by atoms with E-state index in [1.165, 1.54) is 14.2 Å². The van der Waals surface area contributed by atoms with Gasteiger partial charge in [-0.05, 0) is 0 Å². The molecule has 0 radical (unpaired) electrons. The van der Waals surface area contributed by atoms with E-state index in [4.69, 9.17) is 14.3 Å². The number of benzene rings is 1. The second-order valence-corrected chi connectivity index (χ2v) is 3.97. The Kier molecular flexibility index (Phi) is 3.50. The normalized spacial score (nSPS) is 16.2. The lowest BCUT2D eigenvalue weighted by Crippen LogP contribution is -2.48. The molecule has 0 bridgehead atoms. The number of nitrogens with zero attached hydrogens (tertiary/aromatic N) is 1. The predicted octanol–water partition coefficient (Wildman–Crippen LogP) is 0.753. The molecule has 0 amide bonds. The third kappa shape index (κ3) is 1.95. The monoisotopic (exact) mass is 263 g/mol. The molecule has 0 saturated carbocycles. The van der Waals surface area contributed by atoms with Crippen molar-refractivity contribution in [1.29, 1.82) is 0 Å². The van der Waals surface area contributed by atoms with Gasteiger partial charge in [0.2, 0.25) is 5.41 Å². The Balaban J connectivity index is 2.53.